The predicted molar refractivity (Wildman–Crippen MR) is 224 cm³/mol. The van der Waals surface area contributed by atoms with Gasteiger partial charge in [-0.25, -0.2) is 9.97 Å². The van der Waals surface area contributed by atoms with Crippen molar-refractivity contribution in [1.82, 2.24) is 19.1 Å². The van der Waals surface area contributed by atoms with Gasteiger partial charge in [0.2, 0.25) is 0 Å². The second-order valence-corrected chi connectivity index (χ2v) is 14.2. The molecule has 1 aliphatic carbocycles. The van der Waals surface area contributed by atoms with Crippen LogP contribution >= 0.6 is 0 Å². The molecule has 0 saturated carbocycles. The molecule has 3 aromatic heterocycles. The van der Waals surface area contributed by atoms with Crippen LogP contribution in [0.3, 0.4) is 0 Å². The minimum absolute atomic E-state index is 0.736. The summed E-state index contributed by atoms with van der Waals surface area (Å²) in [5, 5.41) is 6.09. The van der Waals surface area contributed by atoms with E-state index < -0.39 is 0 Å². The fourth-order valence-corrected chi connectivity index (χ4v) is 8.88. The number of fused-ring (bicyclic) bond motifs is 9. The van der Waals surface area contributed by atoms with E-state index in [4.69, 9.17) is 9.97 Å². The normalized spacial score (nSPS) is 12.1. The Morgan fingerprint density at radius 3 is 1.61 bits per heavy atom. The molecule has 0 bridgehead atoms. The molecule has 0 N–H and O–H groups in total. The van der Waals surface area contributed by atoms with Crippen LogP contribution in [0.25, 0.3) is 111 Å². The average Bonchev–Trinajstić information content (AvgIpc) is 3.87. The Labute approximate surface area is 310 Å². The second kappa shape index (κ2) is 11.1. The molecule has 0 saturated heterocycles. The Bertz CT molecular complexity index is 3330. The van der Waals surface area contributed by atoms with E-state index >= 15 is 0 Å². The van der Waals surface area contributed by atoms with Crippen molar-refractivity contribution in [1.29, 1.82) is 0 Å². The average molecular weight is 687 g/mol. The highest BCUT2D eigenvalue weighted by Crippen LogP contribution is 2.46. The maximum absolute atomic E-state index is 5.21. The zero-order chi connectivity index (χ0) is 35.3. The van der Waals surface area contributed by atoms with Gasteiger partial charge in [-0.1, -0.05) is 115 Å². The Morgan fingerprint density at radius 2 is 0.889 bits per heavy atom. The van der Waals surface area contributed by atoms with Gasteiger partial charge in [0.25, 0.3) is 0 Å². The Kier molecular flexibility index (Phi) is 6.02. The summed E-state index contributed by atoms with van der Waals surface area (Å²) in [4.78, 5) is 10.3. The van der Waals surface area contributed by atoms with Gasteiger partial charge < -0.3 is 9.13 Å². The number of rotatable bonds is 4. The Hall–Kier alpha value is -7.30. The van der Waals surface area contributed by atoms with Gasteiger partial charge in [-0.2, -0.15) is 0 Å². The van der Waals surface area contributed by atoms with Gasteiger partial charge in [-0.15, -0.1) is 0 Å². The van der Waals surface area contributed by atoms with Gasteiger partial charge in [0.05, 0.1) is 33.3 Å². The quantitative estimate of drug-likeness (QED) is 0.185. The van der Waals surface area contributed by atoms with Crippen LogP contribution in [0.15, 0.2) is 182 Å². The lowest BCUT2D eigenvalue weighted by Gasteiger charge is -2.11. The molecule has 8 aromatic carbocycles. The van der Waals surface area contributed by atoms with E-state index in [1.807, 2.05) is 0 Å². The molecule has 12 rings (SSSR count). The van der Waals surface area contributed by atoms with Crippen molar-refractivity contribution >= 4 is 54.5 Å². The summed E-state index contributed by atoms with van der Waals surface area (Å²) in [6.45, 7) is 0. The van der Waals surface area contributed by atoms with E-state index in [2.05, 4.69) is 191 Å². The molecule has 0 amide bonds. The smallest absolute Gasteiger partial charge is 0.160 e. The Balaban J connectivity index is 1.00. The molecule has 3 heterocycles. The summed E-state index contributed by atoms with van der Waals surface area (Å²) >= 11 is 0. The molecule has 0 spiro atoms. The molecular weight excluding hydrogens is 657 g/mol. The topological polar surface area (TPSA) is 35.6 Å². The van der Waals surface area contributed by atoms with E-state index in [1.54, 1.807) is 0 Å². The fourth-order valence-electron chi connectivity index (χ4n) is 8.88. The first-order valence-corrected chi connectivity index (χ1v) is 18.4. The van der Waals surface area contributed by atoms with Crippen LogP contribution in [0.2, 0.25) is 0 Å². The van der Waals surface area contributed by atoms with Gasteiger partial charge in [0.1, 0.15) is 0 Å². The van der Waals surface area contributed by atoms with Crippen molar-refractivity contribution in [2.75, 3.05) is 0 Å². The maximum atomic E-state index is 5.21. The van der Waals surface area contributed by atoms with Crippen molar-refractivity contribution in [2.45, 2.75) is 0 Å². The van der Waals surface area contributed by atoms with E-state index in [9.17, 15) is 0 Å². The highest BCUT2D eigenvalue weighted by atomic mass is 15.0. The third-order valence-electron chi connectivity index (χ3n) is 11.3. The van der Waals surface area contributed by atoms with Crippen LogP contribution in [0, 0.1) is 0 Å². The highest BCUT2D eigenvalue weighted by Gasteiger charge is 2.24. The molecule has 11 aromatic rings. The first-order valence-electron chi connectivity index (χ1n) is 18.4. The lowest BCUT2D eigenvalue weighted by atomic mass is 10.0. The number of nitrogens with zero attached hydrogens (tertiary/aromatic N) is 4. The van der Waals surface area contributed by atoms with Crippen molar-refractivity contribution in [2.24, 2.45) is 0 Å². The highest BCUT2D eigenvalue weighted by molar-refractivity contribution is 6.14. The summed E-state index contributed by atoms with van der Waals surface area (Å²) in [5.74, 6) is 0.736. The molecule has 250 valence electrons. The number of aromatic nitrogens is 4. The molecule has 4 nitrogen and oxygen atoms in total. The van der Waals surface area contributed by atoms with Gasteiger partial charge >= 0.3 is 0 Å². The van der Waals surface area contributed by atoms with Crippen molar-refractivity contribution in [3.63, 3.8) is 0 Å². The third-order valence-corrected chi connectivity index (χ3v) is 11.3. The zero-order valence-corrected chi connectivity index (χ0v) is 29.1. The van der Waals surface area contributed by atoms with E-state index in [0.717, 1.165) is 39.2 Å². The minimum Gasteiger partial charge on any atom is -0.309 e. The van der Waals surface area contributed by atoms with Crippen LogP contribution in [0.5, 0.6) is 0 Å². The van der Waals surface area contributed by atoms with Gasteiger partial charge in [0.15, 0.2) is 5.82 Å². The lowest BCUT2D eigenvalue weighted by molar-refractivity contribution is 1.17. The number of para-hydroxylation sites is 3. The molecule has 4 heteroatoms. The molecule has 0 atom stereocenters. The van der Waals surface area contributed by atoms with Gasteiger partial charge in [-0.05, 0) is 89.0 Å². The van der Waals surface area contributed by atoms with Crippen LogP contribution in [0.4, 0.5) is 0 Å². The zero-order valence-electron chi connectivity index (χ0n) is 29.1. The summed E-state index contributed by atoms with van der Waals surface area (Å²) in [7, 11) is 0. The number of benzene rings is 8. The standard InChI is InChI=1S/C50H30N4/c1-2-13-34(14-3-1)53-44-22-8-6-17-37(44)41-29-31(24-26-46(41)53)32-25-27-47-42(30-32)38-18-7-9-23-45(38)54(47)35-15-10-12-33(28-35)50-51-43-21-11-20-39-36-16-4-5-19-40(36)49(52-50)48(39)43/h1-30H. The molecule has 0 unspecified atom stereocenters. The second-order valence-electron chi connectivity index (χ2n) is 14.2. The summed E-state index contributed by atoms with van der Waals surface area (Å²) in [6, 6.07) is 65.5. The SMILES string of the molecule is c1ccc(-n2c3ccccc3c3cc(-c4ccc5c(c4)c4ccccc4n5-c4cccc(-c5nc6c7c(cccc7n5)-c5ccccc5-6)c4)ccc32)cc1. The monoisotopic (exact) mass is 686 g/mol. The minimum atomic E-state index is 0.736. The summed E-state index contributed by atoms with van der Waals surface area (Å²) < 4.78 is 4.75. The van der Waals surface area contributed by atoms with Crippen LogP contribution in [0.1, 0.15) is 0 Å². The van der Waals surface area contributed by atoms with Crippen LogP contribution < -0.4 is 0 Å². The van der Waals surface area contributed by atoms with E-state index in [0.29, 0.717) is 0 Å². The number of hydrogen-bond donors (Lipinski definition) is 0. The first kappa shape index (κ1) is 29.3. The molecule has 0 fully saturated rings. The van der Waals surface area contributed by atoms with Gasteiger partial charge in [0, 0.05) is 49.4 Å². The molecular formula is C50H30N4. The fraction of sp³-hybridized carbons (Fsp3) is 0. The summed E-state index contributed by atoms with van der Waals surface area (Å²) in [5.41, 5.74) is 16.0. The first-order chi connectivity index (χ1) is 26.8. The third kappa shape index (κ3) is 4.13. The molecule has 1 aliphatic rings. The van der Waals surface area contributed by atoms with E-state index in [-0.39, 0.29) is 0 Å². The molecule has 0 aliphatic heterocycles. The van der Waals surface area contributed by atoms with Crippen LogP contribution in [-0.4, -0.2) is 19.1 Å². The van der Waals surface area contributed by atoms with Gasteiger partial charge in [-0.3, -0.25) is 0 Å². The predicted octanol–water partition coefficient (Wildman–Crippen LogP) is 12.8. The van der Waals surface area contributed by atoms with E-state index in [1.165, 1.54) is 71.6 Å². The van der Waals surface area contributed by atoms with Crippen molar-refractivity contribution < 1.29 is 0 Å². The largest absolute Gasteiger partial charge is 0.309 e. The summed E-state index contributed by atoms with van der Waals surface area (Å²) in [6.07, 6.45) is 0. The lowest BCUT2D eigenvalue weighted by Crippen LogP contribution is -1.97. The van der Waals surface area contributed by atoms with Crippen LogP contribution in [-0.2, 0) is 0 Å². The Morgan fingerprint density at radius 1 is 0.333 bits per heavy atom. The number of hydrogen-bond acceptors (Lipinski definition) is 2. The molecule has 54 heavy (non-hydrogen) atoms. The molecule has 0 radical (unpaired) electrons. The van der Waals surface area contributed by atoms with Crippen molar-refractivity contribution in [3.05, 3.63) is 182 Å². The van der Waals surface area contributed by atoms with Crippen molar-refractivity contribution in [3.8, 4) is 56.3 Å². The maximum Gasteiger partial charge on any atom is 0.160 e.